The van der Waals surface area contributed by atoms with Crippen LogP contribution in [0.5, 0.6) is 0 Å². The third-order valence-electron chi connectivity index (χ3n) is 2.85. The van der Waals surface area contributed by atoms with Gasteiger partial charge in [-0.3, -0.25) is 0 Å². The summed E-state index contributed by atoms with van der Waals surface area (Å²) < 4.78 is 28.0. The van der Waals surface area contributed by atoms with Crippen molar-refractivity contribution in [1.82, 2.24) is 10.0 Å². The van der Waals surface area contributed by atoms with Gasteiger partial charge >= 0.3 is 0 Å². The van der Waals surface area contributed by atoms with E-state index < -0.39 is 10.0 Å². The number of thiophene rings is 2. The highest BCUT2D eigenvalue weighted by molar-refractivity contribution is 7.91. The standard InChI is InChI=1S/C13H18N2O2S3/c1-3-11(12-5-4-8-18-12)15-20(16,17)13-7-6-10(19-13)9-14-2/h4-8,11,14-15H,3,9H2,1-2H3. The van der Waals surface area contributed by atoms with Crippen molar-refractivity contribution >= 4 is 32.7 Å². The van der Waals surface area contributed by atoms with Gasteiger partial charge in [0.05, 0.1) is 6.04 Å². The van der Waals surface area contributed by atoms with Crippen LogP contribution in [0.1, 0.15) is 29.1 Å². The van der Waals surface area contributed by atoms with Crippen LogP contribution in [0.3, 0.4) is 0 Å². The first kappa shape index (κ1) is 15.7. The molecule has 0 aliphatic heterocycles. The van der Waals surface area contributed by atoms with Crippen molar-refractivity contribution in [3.05, 3.63) is 39.4 Å². The van der Waals surface area contributed by atoms with E-state index in [1.165, 1.54) is 11.3 Å². The molecule has 2 rings (SSSR count). The number of rotatable bonds is 7. The smallest absolute Gasteiger partial charge is 0.250 e. The van der Waals surface area contributed by atoms with E-state index in [-0.39, 0.29) is 6.04 Å². The molecule has 7 heteroatoms. The number of nitrogens with one attached hydrogen (secondary N) is 2. The molecule has 0 bridgehead atoms. The molecule has 2 heterocycles. The largest absolute Gasteiger partial charge is 0.315 e. The van der Waals surface area contributed by atoms with Gasteiger partial charge in [0.2, 0.25) is 0 Å². The second kappa shape index (κ2) is 6.82. The normalized spacial score (nSPS) is 13.5. The van der Waals surface area contributed by atoms with Crippen molar-refractivity contribution in [2.45, 2.75) is 30.1 Å². The van der Waals surface area contributed by atoms with Crippen molar-refractivity contribution in [3.63, 3.8) is 0 Å². The summed E-state index contributed by atoms with van der Waals surface area (Å²) in [6, 6.07) is 7.26. The Morgan fingerprint density at radius 2 is 2.10 bits per heavy atom. The monoisotopic (exact) mass is 330 g/mol. The predicted molar refractivity (Wildman–Crippen MR) is 84.8 cm³/mol. The molecule has 4 nitrogen and oxygen atoms in total. The van der Waals surface area contributed by atoms with E-state index in [4.69, 9.17) is 0 Å². The third kappa shape index (κ3) is 3.67. The van der Waals surface area contributed by atoms with Crippen LogP contribution in [-0.2, 0) is 16.6 Å². The highest BCUT2D eigenvalue weighted by atomic mass is 32.2. The van der Waals surface area contributed by atoms with Gasteiger partial charge in [0, 0.05) is 16.3 Å². The molecule has 0 saturated carbocycles. The molecule has 20 heavy (non-hydrogen) atoms. The Balaban J connectivity index is 2.17. The van der Waals surface area contributed by atoms with Crippen LogP contribution in [0.25, 0.3) is 0 Å². The van der Waals surface area contributed by atoms with Crippen LogP contribution in [0.2, 0.25) is 0 Å². The van der Waals surface area contributed by atoms with Gasteiger partial charge in [-0.05, 0) is 37.0 Å². The number of hydrogen-bond acceptors (Lipinski definition) is 5. The first-order chi connectivity index (χ1) is 9.56. The van der Waals surface area contributed by atoms with Gasteiger partial charge in [0.25, 0.3) is 10.0 Å². The Bertz CT molecular complexity index is 632. The average molecular weight is 331 g/mol. The SMILES string of the molecule is CCC(NS(=O)(=O)c1ccc(CNC)s1)c1cccs1. The molecule has 0 amide bonds. The lowest BCUT2D eigenvalue weighted by Crippen LogP contribution is -2.27. The summed E-state index contributed by atoms with van der Waals surface area (Å²) in [5, 5.41) is 4.98. The molecule has 0 fully saturated rings. The van der Waals surface area contributed by atoms with Crippen LogP contribution in [0.15, 0.2) is 33.9 Å². The van der Waals surface area contributed by atoms with Crippen molar-refractivity contribution in [1.29, 1.82) is 0 Å². The minimum absolute atomic E-state index is 0.158. The molecule has 0 aliphatic rings. The Morgan fingerprint density at radius 3 is 2.70 bits per heavy atom. The maximum atomic E-state index is 12.4. The predicted octanol–water partition coefficient (Wildman–Crippen LogP) is 2.96. The van der Waals surface area contributed by atoms with Crippen LogP contribution < -0.4 is 10.0 Å². The molecule has 0 aliphatic carbocycles. The summed E-state index contributed by atoms with van der Waals surface area (Å²) in [6.07, 6.45) is 0.731. The molecule has 0 radical (unpaired) electrons. The Labute approximate surface area is 127 Å². The van der Waals surface area contributed by atoms with E-state index in [1.54, 1.807) is 17.4 Å². The van der Waals surface area contributed by atoms with Gasteiger partial charge in [-0.2, -0.15) is 0 Å². The lowest BCUT2D eigenvalue weighted by Gasteiger charge is -2.14. The van der Waals surface area contributed by atoms with E-state index in [0.29, 0.717) is 10.8 Å². The third-order valence-corrected chi connectivity index (χ3v) is 6.88. The van der Waals surface area contributed by atoms with Crippen molar-refractivity contribution < 1.29 is 8.42 Å². The van der Waals surface area contributed by atoms with Gasteiger partial charge < -0.3 is 5.32 Å². The van der Waals surface area contributed by atoms with E-state index in [9.17, 15) is 8.42 Å². The first-order valence-electron chi connectivity index (χ1n) is 6.36. The van der Waals surface area contributed by atoms with Crippen LogP contribution in [0.4, 0.5) is 0 Å². The van der Waals surface area contributed by atoms with E-state index in [0.717, 1.165) is 16.2 Å². The minimum atomic E-state index is -3.45. The van der Waals surface area contributed by atoms with Gasteiger partial charge in [-0.25, -0.2) is 13.1 Å². The highest BCUT2D eigenvalue weighted by Gasteiger charge is 2.22. The molecule has 2 aromatic rings. The maximum absolute atomic E-state index is 12.4. The lowest BCUT2D eigenvalue weighted by molar-refractivity contribution is 0.555. The Morgan fingerprint density at radius 1 is 1.30 bits per heavy atom. The zero-order chi connectivity index (χ0) is 14.6. The van der Waals surface area contributed by atoms with E-state index in [1.807, 2.05) is 37.6 Å². The van der Waals surface area contributed by atoms with Gasteiger partial charge in [0.1, 0.15) is 4.21 Å². The molecule has 1 atom stereocenters. The molecule has 0 spiro atoms. The molecule has 110 valence electrons. The molecular weight excluding hydrogens is 312 g/mol. The molecule has 2 aromatic heterocycles. The fraction of sp³-hybridized carbons (Fsp3) is 0.385. The maximum Gasteiger partial charge on any atom is 0.250 e. The topological polar surface area (TPSA) is 58.2 Å². The Kier molecular flexibility index (Phi) is 5.34. The lowest BCUT2D eigenvalue weighted by atomic mass is 10.2. The second-order valence-corrected chi connectivity index (χ2v) is 8.44. The minimum Gasteiger partial charge on any atom is -0.315 e. The zero-order valence-electron chi connectivity index (χ0n) is 11.4. The van der Waals surface area contributed by atoms with Crippen molar-refractivity contribution in [2.24, 2.45) is 0 Å². The quantitative estimate of drug-likeness (QED) is 0.820. The average Bonchev–Trinajstić information content (AvgIpc) is 3.07. The summed E-state index contributed by atoms with van der Waals surface area (Å²) in [4.78, 5) is 2.06. The molecular formula is C13H18N2O2S3. The summed E-state index contributed by atoms with van der Waals surface area (Å²) in [6.45, 7) is 2.66. The van der Waals surface area contributed by atoms with Crippen LogP contribution in [-0.4, -0.2) is 15.5 Å². The van der Waals surface area contributed by atoms with Gasteiger partial charge in [-0.1, -0.05) is 13.0 Å². The highest BCUT2D eigenvalue weighted by Crippen LogP contribution is 2.27. The molecule has 0 aromatic carbocycles. The molecule has 1 unspecified atom stereocenters. The summed E-state index contributed by atoms with van der Waals surface area (Å²) in [5.41, 5.74) is 0. The number of sulfonamides is 1. The molecule has 2 N–H and O–H groups in total. The van der Waals surface area contributed by atoms with Crippen molar-refractivity contribution in [2.75, 3.05) is 7.05 Å². The van der Waals surface area contributed by atoms with Crippen molar-refractivity contribution in [3.8, 4) is 0 Å². The molecule has 0 saturated heterocycles. The Hall–Kier alpha value is -0.730. The van der Waals surface area contributed by atoms with Crippen LogP contribution >= 0.6 is 22.7 Å². The van der Waals surface area contributed by atoms with Crippen LogP contribution in [0, 0.1) is 0 Å². The summed E-state index contributed by atoms with van der Waals surface area (Å²) >= 11 is 2.88. The van der Waals surface area contributed by atoms with E-state index in [2.05, 4.69) is 10.0 Å². The number of hydrogen-bond donors (Lipinski definition) is 2. The summed E-state index contributed by atoms with van der Waals surface area (Å²) in [7, 11) is -1.60. The zero-order valence-corrected chi connectivity index (χ0v) is 13.9. The van der Waals surface area contributed by atoms with Gasteiger partial charge in [0.15, 0.2) is 0 Å². The van der Waals surface area contributed by atoms with Gasteiger partial charge in [-0.15, -0.1) is 22.7 Å². The first-order valence-corrected chi connectivity index (χ1v) is 9.53. The van der Waals surface area contributed by atoms with E-state index >= 15 is 0 Å². The fourth-order valence-electron chi connectivity index (χ4n) is 1.85. The fourth-order valence-corrected chi connectivity index (χ4v) is 5.47. The summed E-state index contributed by atoms with van der Waals surface area (Å²) in [5.74, 6) is 0. The second-order valence-electron chi connectivity index (χ2n) is 4.35.